The van der Waals surface area contributed by atoms with Crippen molar-refractivity contribution in [2.75, 3.05) is 19.2 Å². The molecule has 0 saturated heterocycles. The van der Waals surface area contributed by atoms with Gasteiger partial charge in [-0.25, -0.2) is 13.6 Å². The van der Waals surface area contributed by atoms with Crippen LogP contribution in [0.4, 0.5) is 5.69 Å². The van der Waals surface area contributed by atoms with E-state index in [4.69, 9.17) is 14.6 Å². The van der Waals surface area contributed by atoms with E-state index in [-0.39, 0.29) is 23.6 Å². The number of anilines is 1. The minimum absolute atomic E-state index is 0.000835. The predicted octanol–water partition coefficient (Wildman–Crippen LogP) is 0.105. The summed E-state index contributed by atoms with van der Waals surface area (Å²) in [5.74, 6) is 1.27. The van der Waals surface area contributed by atoms with Crippen molar-refractivity contribution in [3.05, 3.63) is 48.0 Å². The molecule has 1 unspecified atom stereocenters. The highest BCUT2D eigenvalue weighted by atomic mass is 32.2. The summed E-state index contributed by atoms with van der Waals surface area (Å²) in [5, 5.41) is 7.86. The maximum Gasteiger partial charge on any atom is 0.282 e. The van der Waals surface area contributed by atoms with Crippen LogP contribution in [0.25, 0.3) is 0 Å². The molecule has 0 spiro atoms. The van der Waals surface area contributed by atoms with E-state index in [1.54, 1.807) is 0 Å². The molecule has 144 valence electrons. The average molecular weight is 392 g/mol. The Hall–Kier alpha value is -2.62. The molecule has 2 aromatic rings. The number of nitrogens with two attached hydrogens (primary N) is 1. The second-order valence-electron chi connectivity index (χ2n) is 6.49. The van der Waals surface area contributed by atoms with Gasteiger partial charge in [-0.05, 0) is 49.4 Å². The Morgan fingerprint density at radius 2 is 1.85 bits per heavy atom. The lowest BCUT2D eigenvalue weighted by atomic mass is 10.1. The molecule has 1 aliphatic rings. The maximum absolute atomic E-state index is 12.5. The van der Waals surface area contributed by atoms with Gasteiger partial charge >= 0.3 is 0 Å². The standard InChI is InChI=1S/C18H21N3O5S/c1-12(18(22)20-14-4-6-15(7-5-14)27(19,23)24)21(2)10-13-3-8-16-17(9-13)26-11-25-16/h3-9,12H,10-11H2,1-2H3,(H,20,22)(H2,19,23,24)/p+1/t12-/m1/s1. The molecular formula is C18H22N3O5S+. The molecule has 2 aromatic carbocycles. The van der Waals surface area contributed by atoms with Crippen molar-refractivity contribution in [1.82, 2.24) is 0 Å². The van der Waals surface area contributed by atoms with Gasteiger partial charge in [0.25, 0.3) is 5.91 Å². The SMILES string of the molecule is C[C@H](C(=O)Nc1ccc(S(N)(=O)=O)cc1)[NH+](C)Cc1ccc2c(c1)OCO2. The van der Waals surface area contributed by atoms with Gasteiger partial charge < -0.3 is 19.7 Å². The van der Waals surface area contributed by atoms with Gasteiger partial charge in [-0.2, -0.15) is 0 Å². The molecule has 1 aliphatic heterocycles. The number of carbonyl (C=O) groups excluding carboxylic acids is 1. The number of nitrogens with one attached hydrogen (secondary N) is 2. The van der Waals surface area contributed by atoms with Crippen LogP contribution in [0.5, 0.6) is 11.5 Å². The lowest BCUT2D eigenvalue weighted by molar-refractivity contribution is -0.907. The van der Waals surface area contributed by atoms with E-state index < -0.39 is 10.0 Å². The van der Waals surface area contributed by atoms with Crippen LogP contribution in [0, 0.1) is 0 Å². The highest BCUT2D eigenvalue weighted by Gasteiger charge is 2.23. The zero-order chi connectivity index (χ0) is 19.6. The van der Waals surface area contributed by atoms with E-state index in [1.807, 2.05) is 32.2 Å². The van der Waals surface area contributed by atoms with E-state index in [0.717, 1.165) is 16.2 Å². The molecule has 0 radical (unpaired) electrons. The van der Waals surface area contributed by atoms with Crippen LogP contribution in [0.3, 0.4) is 0 Å². The van der Waals surface area contributed by atoms with Crippen LogP contribution in [0.2, 0.25) is 0 Å². The van der Waals surface area contributed by atoms with E-state index in [0.29, 0.717) is 18.0 Å². The molecule has 1 amide bonds. The maximum atomic E-state index is 12.5. The first-order chi connectivity index (χ1) is 12.7. The highest BCUT2D eigenvalue weighted by Crippen LogP contribution is 2.32. The summed E-state index contributed by atoms with van der Waals surface area (Å²) in [4.78, 5) is 13.5. The van der Waals surface area contributed by atoms with Crippen LogP contribution < -0.4 is 24.8 Å². The minimum Gasteiger partial charge on any atom is -0.454 e. The summed E-state index contributed by atoms with van der Waals surface area (Å²) < 4.78 is 33.2. The molecule has 0 fully saturated rings. The third-order valence-electron chi connectivity index (χ3n) is 4.50. The van der Waals surface area contributed by atoms with Crippen molar-refractivity contribution in [3.8, 4) is 11.5 Å². The average Bonchev–Trinajstić information content (AvgIpc) is 3.08. The van der Waals surface area contributed by atoms with Gasteiger partial charge in [-0.15, -0.1) is 0 Å². The molecule has 0 bridgehead atoms. The molecule has 2 atom stereocenters. The number of hydrogen-bond acceptors (Lipinski definition) is 5. The summed E-state index contributed by atoms with van der Waals surface area (Å²) in [5.41, 5.74) is 1.55. The number of fused-ring (bicyclic) bond motifs is 1. The first-order valence-electron chi connectivity index (χ1n) is 8.38. The number of amides is 1. The third-order valence-corrected chi connectivity index (χ3v) is 5.43. The molecule has 9 heteroatoms. The second-order valence-corrected chi connectivity index (χ2v) is 8.05. The van der Waals surface area contributed by atoms with Gasteiger partial charge in [-0.1, -0.05) is 0 Å². The van der Waals surface area contributed by atoms with Crippen molar-refractivity contribution in [1.29, 1.82) is 0 Å². The summed E-state index contributed by atoms with van der Waals surface area (Å²) in [6.07, 6.45) is 0. The van der Waals surface area contributed by atoms with Crippen molar-refractivity contribution < 1.29 is 27.6 Å². The quantitative estimate of drug-likeness (QED) is 0.646. The summed E-state index contributed by atoms with van der Waals surface area (Å²) >= 11 is 0. The number of carbonyl (C=O) groups is 1. The van der Waals surface area contributed by atoms with Crippen molar-refractivity contribution in [2.24, 2.45) is 5.14 Å². The molecular weight excluding hydrogens is 370 g/mol. The lowest BCUT2D eigenvalue weighted by Crippen LogP contribution is -3.12. The fourth-order valence-electron chi connectivity index (χ4n) is 2.73. The van der Waals surface area contributed by atoms with E-state index in [2.05, 4.69) is 5.32 Å². The number of likely N-dealkylation sites (N-methyl/N-ethyl adjacent to an activating group) is 1. The van der Waals surface area contributed by atoms with E-state index in [1.165, 1.54) is 24.3 Å². The normalized spacial score (nSPS) is 15.2. The first-order valence-corrected chi connectivity index (χ1v) is 9.93. The second kappa shape index (κ2) is 7.55. The van der Waals surface area contributed by atoms with Crippen molar-refractivity contribution in [3.63, 3.8) is 0 Å². The molecule has 4 N–H and O–H groups in total. The largest absolute Gasteiger partial charge is 0.454 e. The van der Waals surface area contributed by atoms with Crippen LogP contribution in [-0.2, 0) is 21.4 Å². The minimum atomic E-state index is -3.75. The van der Waals surface area contributed by atoms with Gasteiger partial charge in [0.15, 0.2) is 17.5 Å². The van der Waals surface area contributed by atoms with Crippen LogP contribution in [0.1, 0.15) is 12.5 Å². The third kappa shape index (κ3) is 4.57. The Morgan fingerprint density at radius 3 is 2.52 bits per heavy atom. The number of rotatable bonds is 6. The Labute approximate surface area is 157 Å². The zero-order valence-corrected chi connectivity index (χ0v) is 15.9. The number of ether oxygens (including phenoxy) is 2. The van der Waals surface area contributed by atoms with Gasteiger partial charge in [0.2, 0.25) is 16.8 Å². The fraction of sp³-hybridized carbons (Fsp3) is 0.278. The van der Waals surface area contributed by atoms with Crippen LogP contribution >= 0.6 is 0 Å². The summed E-state index contributed by atoms with van der Waals surface area (Å²) in [7, 11) is -1.82. The van der Waals surface area contributed by atoms with Gasteiger partial charge in [-0.3, -0.25) is 4.79 Å². The van der Waals surface area contributed by atoms with Crippen molar-refractivity contribution in [2.45, 2.75) is 24.4 Å². The fourth-order valence-corrected chi connectivity index (χ4v) is 3.24. The van der Waals surface area contributed by atoms with E-state index in [9.17, 15) is 13.2 Å². The molecule has 0 saturated carbocycles. The number of quaternary nitrogens is 1. The highest BCUT2D eigenvalue weighted by molar-refractivity contribution is 7.89. The smallest absolute Gasteiger partial charge is 0.282 e. The first kappa shape index (κ1) is 19.2. The van der Waals surface area contributed by atoms with Gasteiger partial charge in [0.1, 0.15) is 6.54 Å². The number of primary sulfonamides is 1. The molecule has 0 aromatic heterocycles. The summed E-state index contributed by atoms with van der Waals surface area (Å²) in [6, 6.07) is 11.2. The molecule has 8 nitrogen and oxygen atoms in total. The number of benzene rings is 2. The van der Waals surface area contributed by atoms with E-state index >= 15 is 0 Å². The number of hydrogen-bond donors (Lipinski definition) is 3. The number of sulfonamides is 1. The summed E-state index contributed by atoms with van der Waals surface area (Å²) in [6.45, 7) is 2.69. The van der Waals surface area contributed by atoms with Crippen LogP contribution in [-0.4, -0.2) is 34.2 Å². The topological polar surface area (TPSA) is 112 Å². The monoisotopic (exact) mass is 392 g/mol. The molecule has 0 aliphatic carbocycles. The van der Waals surface area contributed by atoms with Crippen LogP contribution in [0.15, 0.2) is 47.4 Å². The Bertz CT molecular complexity index is 944. The Kier molecular flexibility index (Phi) is 5.36. The van der Waals surface area contributed by atoms with Gasteiger partial charge in [0.05, 0.1) is 11.9 Å². The predicted molar refractivity (Wildman–Crippen MR) is 99.1 cm³/mol. The Balaban J connectivity index is 1.61. The molecule has 27 heavy (non-hydrogen) atoms. The zero-order valence-electron chi connectivity index (χ0n) is 15.1. The lowest BCUT2D eigenvalue weighted by Gasteiger charge is -2.21. The Morgan fingerprint density at radius 1 is 1.19 bits per heavy atom. The van der Waals surface area contributed by atoms with Gasteiger partial charge in [0, 0.05) is 11.3 Å². The molecule has 3 rings (SSSR count). The molecule has 1 heterocycles. The van der Waals surface area contributed by atoms with Crippen molar-refractivity contribution >= 4 is 21.6 Å².